The molecule has 0 radical (unpaired) electrons. The molecule has 16 aromatic carbocycles. The minimum atomic E-state index is 0.697. The molecule has 0 aliphatic carbocycles. The van der Waals surface area contributed by atoms with Crippen molar-refractivity contribution in [3.8, 4) is 90.3 Å². The van der Waals surface area contributed by atoms with Crippen molar-refractivity contribution in [2.24, 2.45) is 0 Å². The molecule has 108 heavy (non-hydrogen) atoms. The fraction of sp³-hybridized carbons (Fsp3) is 0. The van der Waals surface area contributed by atoms with Crippen LogP contribution >= 0.6 is 0 Å². The Hall–Kier alpha value is -14.5. The molecule has 0 amide bonds. The van der Waals surface area contributed by atoms with E-state index < -0.39 is 0 Å². The van der Waals surface area contributed by atoms with E-state index in [1.807, 2.05) is 6.07 Å². The number of hydrogen-bond donors (Lipinski definition) is 0. The zero-order valence-electron chi connectivity index (χ0n) is 58.7. The van der Waals surface area contributed by atoms with Crippen LogP contribution in [0.2, 0.25) is 0 Å². The third kappa shape index (κ3) is 10.5. The van der Waals surface area contributed by atoms with Gasteiger partial charge in [0.1, 0.15) is 0 Å². The van der Waals surface area contributed by atoms with E-state index in [9.17, 15) is 0 Å². The fourth-order valence-electron chi connectivity index (χ4n) is 16.6. The van der Waals surface area contributed by atoms with Crippen molar-refractivity contribution in [2.45, 2.75) is 0 Å². The zero-order chi connectivity index (χ0) is 71.2. The highest BCUT2D eigenvalue weighted by Gasteiger charge is 2.24. The van der Waals surface area contributed by atoms with Crippen LogP contribution in [0.3, 0.4) is 0 Å². The number of fused-ring (bicyclic) bond motifs is 16. The topological polar surface area (TPSA) is 58.4 Å². The van der Waals surface area contributed by atoms with Crippen LogP contribution in [0.25, 0.3) is 199 Å². The van der Waals surface area contributed by atoms with Crippen LogP contribution in [0, 0.1) is 0 Å². The van der Waals surface area contributed by atoms with Crippen molar-refractivity contribution >= 4 is 109 Å². The van der Waals surface area contributed by atoms with Gasteiger partial charge in [-0.25, -0.2) is 15.0 Å². The molecule has 22 rings (SSSR count). The van der Waals surface area contributed by atoms with Gasteiger partial charge in [-0.3, -0.25) is 0 Å². The Kier molecular flexibility index (Phi) is 14.8. The molecule has 504 valence electrons. The number of hydrogen-bond acceptors (Lipinski definition) is 3. The Morgan fingerprint density at radius 3 is 0.972 bits per heavy atom. The Morgan fingerprint density at radius 2 is 0.500 bits per heavy atom. The molecule has 0 saturated carbocycles. The highest BCUT2D eigenvalue weighted by Crippen LogP contribution is 2.45. The first-order valence-corrected chi connectivity index (χ1v) is 36.8. The number of nitrogens with zero attached hydrogens (tertiary/aromatic N) is 7. The third-order valence-corrected chi connectivity index (χ3v) is 21.6. The molecule has 0 spiro atoms. The van der Waals surface area contributed by atoms with Gasteiger partial charge in [-0.15, -0.1) is 0 Å². The van der Waals surface area contributed by atoms with E-state index in [2.05, 4.69) is 407 Å². The molecule has 0 saturated heterocycles. The van der Waals surface area contributed by atoms with Gasteiger partial charge in [0.25, 0.3) is 0 Å². The van der Waals surface area contributed by atoms with Crippen molar-refractivity contribution in [1.29, 1.82) is 0 Å². The monoisotopic (exact) mass is 1380 g/mol. The number of benzene rings is 16. The first kappa shape index (κ1) is 62.1. The van der Waals surface area contributed by atoms with E-state index in [1.165, 1.54) is 109 Å². The average molecular weight is 1380 g/mol. The molecule has 0 bridgehead atoms. The first-order valence-electron chi connectivity index (χ1n) is 36.8. The molecular formula is C101H65N7. The fourth-order valence-corrected chi connectivity index (χ4v) is 16.6. The van der Waals surface area contributed by atoms with Gasteiger partial charge < -0.3 is 18.3 Å². The van der Waals surface area contributed by atoms with Crippen LogP contribution in [-0.4, -0.2) is 33.2 Å². The molecule has 0 unspecified atom stereocenters. The molecule has 22 aromatic rings. The summed E-state index contributed by atoms with van der Waals surface area (Å²) in [5.74, 6) is 0.697. The van der Waals surface area contributed by atoms with E-state index in [0.29, 0.717) is 5.82 Å². The average Bonchev–Trinajstić information content (AvgIpc) is 1.55. The van der Waals surface area contributed by atoms with Crippen molar-refractivity contribution < 1.29 is 0 Å². The van der Waals surface area contributed by atoms with Gasteiger partial charge in [0, 0.05) is 93.7 Å². The quantitative estimate of drug-likeness (QED) is 0.137. The summed E-state index contributed by atoms with van der Waals surface area (Å²) in [5, 5.41) is 14.8. The normalized spacial score (nSPS) is 11.7. The molecule has 0 aliphatic heterocycles. The third-order valence-electron chi connectivity index (χ3n) is 21.6. The summed E-state index contributed by atoms with van der Waals surface area (Å²) in [6, 6.07) is 141. The predicted molar refractivity (Wildman–Crippen MR) is 451 cm³/mol. The minimum Gasteiger partial charge on any atom is -0.309 e. The van der Waals surface area contributed by atoms with Crippen LogP contribution in [0.15, 0.2) is 394 Å². The number of rotatable bonds is 10. The Morgan fingerprint density at radius 1 is 0.167 bits per heavy atom. The smallest absolute Gasteiger partial charge is 0.160 e. The van der Waals surface area contributed by atoms with Gasteiger partial charge in [0.2, 0.25) is 0 Å². The minimum absolute atomic E-state index is 0.697. The lowest BCUT2D eigenvalue weighted by atomic mass is 9.98. The van der Waals surface area contributed by atoms with E-state index in [-0.39, 0.29) is 0 Å². The first-order chi connectivity index (χ1) is 53.6. The maximum absolute atomic E-state index is 5.28. The van der Waals surface area contributed by atoms with Crippen molar-refractivity contribution in [1.82, 2.24) is 33.2 Å². The standard InChI is InChI=1S/C51H33N3.C50H32N4/c1-3-13-34(14-4-1)39-32-45(52-46(33-39)38-24-23-35-15-7-8-16-37(35)31-38)36-25-27-41(28-26-36)53-48-22-12-10-20-44(48)50-49(53)30-29-43-42-19-9-11-21-47(42)54(51(43)50)40-17-5-2-6-18-40;1-3-14-34(15-4-1)43-32-44(37-24-23-33-13-7-8-16-36(33)31-37)52-50(51-43)35-25-27-39(28-26-35)53-46-22-12-10-20-42(46)48-47(53)30-29-41-40-19-9-11-21-45(40)54(49(41)48)38-17-5-2-6-18-38/h1-33H;1-32H. The lowest BCUT2D eigenvalue weighted by Gasteiger charge is -2.13. The van der Waals surface area contributed by atoms with E-state index in [1.54, 1.807) is 0 Å². The molecule has 6 aromatic heterocycles. The molecule has 0 aliphatic rings. The van der Waals surface area contributed by atoms with Gasteiger partial charge in [0.15, 0.2) is 5.82 Å². The molecular weight excluding hydrogens is 1310 g/mol. The van der Waals surface area contributed by atoms with Gasteiger partial charge in [-0.05, 0) is 160 Å². The summed E-state index contributed by atoms with van der Waals surface area (Å²) >= 11 is 0. The van der Waals surface area contributed by atoms with E-state index in [0.717, 1.165) is 84.4 Å². The number of pyridine rings is 1. The lowest BCUT2D eigenvalue weighted by molar-refractivity contribution is 1.16. The summed E-state index contributed by atoms with van der Waals surface area (Å²) in [6.07, 6.45) is 0. The molecule has 7 heteroatoms. The van der Waals surface area contributed by atoms with Gasteiger partial charge in [0.05, 0.1) is 66.9 Å². The van der Waals surface area contributed by atoms with Crippen LogP contribution in [0.5, 0.6) is 0 Å². The SMILES string of the molecule is c1ccc(-c2cc(-c3ccc(-n4c5ccccc5c5c4ccc4c6ccccc6n(-c6ccccc6)c45)cc3)nc(-c3ccc4ccccc4c3)c2)cc1.c1ccc(-c2cc(-c3ccc4ccccc4c3)nc(-c3ccc(-n4c5ccccc5c5c4ccc4c6ccccc6n(-c6ccccc6)c45)cc3)n2)cc1. The summed E-state index contributed by atoms with van der Waals surface area (Å²) in [5.41, 5.74) is 25.3. The van der Waals surface area contributed by atoms with Crippen molar-refractivity contribution in [3.63, 3.8) is 0 Å². The predicted octanol–water partition coefficient (Wildman–Crippen LogP) is 26.3. The van der Waals surface area contributed by atoms with Gasteiger partial charge >= 0.3 is 0 Å². The highest BCUT2D eigenvalue weighted by atomic mass is 15.0. The lowest BCUT2D eigenvalue weighted by Crippen LogP contribution is -1.97. The van der Waals surface area contributed by atoms with E-state index in [4.69, 9.17) is 15.0 Å². The summed E-state index contributed by atoms with van der Waals surface area (Å²) in [7, 11) is 0. The molecule has 6 heterocycles. The van der Waals surface area contributed by atoms with Crippen LogP contribution in [0.1, 0.15) is 0 Å². The van der Waals surface area contributed by atoms with Gasteiger partial charge in [-0.2, -0.15) is 0 Å². The molecule has 0 N–H and O–H groups in total. The molecule has 7 nitrogen and oxygen atoms in total. The Balaban J connectivity index is 0.000000138. The number of aromatic nitrogens is 7. The van der Waals surface area contributed by atoms with Crippen LogP contribution in [-0.2, 0) is 0 Å². The van der Waals surface area contributed by atoms with Crippen LogP contribution in [0.4, 0.5) is 0 Å². The summed E-state index contributed by atoms with van der Waals surface area (Å²) in [6.45, 7) is 0. The summed E-state index contributed by atoms with van der Waals surface area (Å²) < 4.78 is 9.67. The van der Waals surface area contributed by atoms with Crippen molar-refractivity contribution in [2.75, 3.05) is 0 Å². The maximum atomic E-state index is 5.28. The van der Waals surface area contributed by atoms with Crippen molar-refractivity contribution in [3.05, 3.63) is 394 Å². The van der Waals surface area contributed by atoms with E-state index >= 15 is 0 Å². The molecule has 0 atom stereocenters. The zero-order valence-corrected chi connectivity index (χ0v) is 58.7. The van der Waals surface area contributed by atoms with Crippen LogP contribution < -0.4 is 0 Å². The molecule has 0 fully saturated rings. The second-order valence-electron chi connectivity index (χ2n) is 27.8. The second-order valence-corrected chi connectivity index (χ2v) is 27.8. The summed E-state index contributed by atoms with van der Waals surface area (Å²) in [4.78, 5) is 15.6. The largest absolute Gasteiger partial charge is 0.309 e. The van der Waals surface area contributed by atoms with Gasteiger partial charge in [-0.1, -0.05) is 267 Å². The second kappa shape index (κ2) is 25.7. The number of para-hydroxylation sites is 6. The Bertz CT molecular complexity index is 6820. The highest BCUT2D eigenvalue weighted by molar-refractivity contribution is 6.28. The maximum Gasteiger partial charge on any atom is 0.160 e. The Labute approximate surface area is 622 Å².